The van der Waals surface area contributed by atoms with Gasteiger partial charge in [-0.1, -0.05) is 35.6 Å². The van der Waals surface area contributed by atoms with Crippen molar-refractivity contribution in [3.05, 3.63) is 34.9 Å². The quantitative estimate of drug-likeness (QED) is 0.617. The van der Waals surface area contributed by atoms with Crippen molar-refractivity contribution in [2.45, 2.75) is 26.1 Å². The van der Waals surface area contributed by atoms with Crippen LogP contribution >= 0.6 is 35.6 Å². The van der Waals surface area contributed by atoms with Gasteiger partial charge in [0.25, 0.3) is 0 Å². The highest BCUT2D eigenvalue weighted by Crippen LogP contribution is 2.18. The van der Waals surface area contributed by atoms with Crippen LogP contribution in [-0.2, 0) is 4.74 Å². The number of Topliss-reactive ketones (excluding diaryl/α,β-unsaturated/α-hetero) is 1. The van der Waals surface area contributed by atoms with Crippen LogP contribution in [0.25, 0.3) is 0 Å². The van der Waals surface area contributed by atoms with E-state index in [0.717, 1.165) is 17.4 Å². The molecule has 1 aliphatic rings. The van der Waals surface area contributed by atoms with Crippen LogP contribution in [0.5, 0.6) is 0 Å². The second-order valence-corrected chi connectivity index (χ2v) is 7.19. The number of thioether (sulfide) groups is 1. The van der Waals surface area contributed by atoms with Gasteiger partial charge < -0.3 is 9.64 Å². The highest BCUT2D eigenvalue weighted by molar-refractivity contribution is 8.23. The Bertz CT molecular complexity index is 511. The average Bonchev–Trinajstić information content (AvgIpc) is 2.44. The first-order chi connectivity index (χ1) is 9.95. The Kier molecular flexibility index (Phi) is 6.05. The van der Waals surface area contributed by atoms with Crippen LogP contribution in [0.15, 0.2) is 24.3 Å². The molecule has 114 valence electrons. The summed E-state index contributed by atoms with van der Waals surface area (Å²) in [6.07, 6.45) is 0.332. The molecule has 0 saturated carbocycles. The van der Waals surface area contributed by atoms with Gasteiger partial charge in [0.15, 0.2) is 5.78 Å². The van der Waals surface area contributed by atoms with Crippen molar-refractivity contribution in [2.24, 2.45) is 0 Å². The lowest BCUT2D eigenvalue weighted by Crippen LogP contribution is -2.46. The second kappa shape index (κ2) is 7.58. The van der Waals surface area contributed by atoms with E-state index in [1.807, 2.05) is 13.8 Å². The summed E-state index contributed by atoms with van der Waals surface area (Å²) in [6, 6.07) is 6.94. The van der Waals surface area contributed by atoms with E-state index >= 15 is 0 Å². The maximum Gasteiger partial charge on any atom is 0.173 e. The molecule has 6 heteroatoms. The lowest BCUT2D eigenvalue weighted by molar-refractivity contribution is -0.0465. The third kappa shape index (κ3) is 4.95. The topological polar surface area (TPSA) is 29.5 Å². The number of hydrogen-bond acceptors (Lipinski definition) is 4. The Morgan fingerprint density at radius 2 is 1.90 bits per heavy atom. The molecule has 1 aromatic carbocycles. The summed E-state index contributed by atoms with van der Waals surface area (Å²) < 4.78 is 6.45. The number of carbonyl (C=O) groups is 1. The Morgan fingerprint density at radius 3 is 2.48 bits per heavy atom. The second-order valence-electron chi connectivity index (χ2n) is 5.15. The molecule has 0 spiro atoms. The molecule has 1 heterocycles. The third-order valence-corrected chi connectivity index (χ3v) is 4.95. The van der Waals surface area contributed by atoms with Crippen LogP contribution in [0.1, 0.15) is 24.2 Å². The molecule has 1 fully saturated rings. The minimum Gasteiger partial charge on any atom is -0.372 e. The molecule has 1 aliphatic heterocycles. The van der Waals surface area contributed by atoms with E-state index in [1.165, 1.54) is 11.8 Å². The summed E-state index contributed by atoms with van der Waals surface area (Å²) in [7, 11) is 0. The number of benzene rings is 1. The van der Waals surface area contributed by atoms with Crippen molar-refractivity contribution in [3.63, 3.8) is 0 Å². The minimum atomic E-state index is 0.0633. The van der Waals surface area contributed by atoms with E-state index in [-0.39, 0.29) is 18.0 Å². The Balaban J connectivity index is 1.86. The van der Waals surface area contributed by atoms with Crippen molar-refractivity contribution in [2.75, 3.05) is 18.8 Å². The molecule has 1 aromatic rings. The van der Waals surface area contributed by atoms with Crippen molar-refractivity contribution >= 4 is 45.7 Å². The number of halogens is 1. The van der Waals surface area contributed by atoms with Gasteiger partial charge in [-0.3, -0.25) is 4.79 Å². The summed E-state index contributed by atoms with van der Waals surface area (Å²) in [5.41, 5.74) is 0.665. The molecule has 0 aliphatic carbocycles. The van der Waals surface area contributed by atoms with Crippen molar-refractivity contribution in [1.82, 2.24) is 4.90 Å². The molecule has 0 amide bonds. The van der Waals surface area contributed by atoms with Crippen LogP contribution in [0.3, 0.4) is 0 Å². The number of nitrogens with zero attached hydrogens (tertiary/aromatic N) is 1. The zero-order chi connectivity index (χ0) is 15.4. The highest BCUT2D eigenvalue weighted by atomic mass is 35.5. The van der Waals surface area contributed by atoms with Gasteiger partial charge in [-0.2, -0.15) is 0 Å². The van der Waals surface area contributed by atoms with E-state index < -0.39 is 0 Å². The fourth-order valence-electron chi connectivity index (χ4n) is 2.26. The first-order valence-electron chi connectivity index (χ1n) is 6.81. The molecular weight excluding hydrogens is 326 g/mol. The molecule has 21 heavy (non-hydrogen) atoms. The van der Waals surface area contributed by atoms with Gasteiger partial charge in [-0.15, -0.1) is 0 Å². The van der Waals surface area contributed by atoms with Crippen molar-refractivity contribution in [3.8, 4) is 0 Å². The number of ether oxygens (including phenoxy) is 1. The van der Waals surface area contributed by atoms with E-state index in [0.29, 0.717) is 16.3 Å². The number of carbonyl (C=O) groups excluding carboxylic acids is 1. The Hall–Kier alpha value is -0.620. The van der Waals surface area contributed by atoms with Crippen LogP contribution in [0.4, 0.5) is 0 Å². The average molecular weight is 344 g/mol. The molecule has 2 atom stereocenters. The van der Waals surface area contributed by atoms with Gasteiger partial charge >= 0.3 is 0 Å². The maximum absolute atomic E-state index is 12.1. The van der Waals surface area contributed by atoms with Gasteiger partial charge in [0.2, 0.25) is 0 Å². The molecule has 0 radical (unpaired) electrons. The third-order valence-electron chi connectivity index (χ3n) is 3.17. The fraction of sp³-hybridized carbons (Fsp3) is 0.467. The molecule has 0 bridgehead atoms. The molecule has 0 N–H and O–H groups in total. The molecule has 3 nitrogen and oxygen atoms in total. The van der Waals surface area contributed by atoms with E-state index in [1.54, 1.807) is 24.3 Å². The summed E-state index contributed by atoms with van der Waals surface area (Å²) in [4.78, 5) is 14.2. The minimum absolute atomic E-state index is 0.0633. The van der Waals surface area contributed by atoms with Gasteiger partial charge in [0, 0.05) is 23.7 Å². The number of hydrogen-bond donors (Lipinski definition) is 0. The smallest absolute Gasteiger partial charge is 0.173 e. The predicted molar refractivity (Wildman–Crippen MR) is 92.4 cm³/mol. The Morgan fingerprint density at radius 1 is 1.33 bits per heavy atom. The zero-order valence-electron chi connectivity index (χ0n) is 12.0. The monoisotopic (exact) mass is 343 g/mol. The van der Waals surface area contributed by atoms with Crippen LogP contribution in [0.2, 0.25) is 5.02 Å². The van der Waals surface area contributed by atoms with Crippen molar-refractivity contribution < 1.29 is 9.53 Å². The zero-order valence-corrected chi connectivity index (χ0v) is 14.4. The van der Waals surface area contributed by atoms with Crippen LogP contribution < -0.4 is 0 Å². The van der Waals surface area contributed by atoms with Crippen LogP contribution in [-0.4, -0.2) is 46.1 Å². The van der Waals surface area contributed by atoms with Gasteiger partial charge in [-0.05, 0) is 38.1 Å². The molecule has 0 aromatic heterocycles. The molecular formula is C15H18ClNO2S2. The van der Waals surface area contributed by atoms with Gasteiger partial charge in [0.05, 0.1) is 18.0 Å². The number of morpholine rings is 1. The van der Waals surface area contributed by atoms with Crippen LogP contribution in [0, 0.1) is 0 Å². The fourth-order valence-corrected chi connectivity index (χ4v) is 3.47. The predicted octanol–water partition coefficient (Wildman–Crippen LogP) is 3.65. The number of rotatable bonds is 3. The number of ketones is 1. The summed E-state index contributed by atoms with van der Waals surface area (Å²) in [6.45, 7) is 5.64. The van der Waals surface area contributed by atoms with Gasteiger partial charge in [0.1, 0.15) is 4.32 Å². The van der Waals surface area contributed by atoms with Gasteiger partial charge in [-0.25, -0.2) is 0 Å². The van der Waals surface area contributed by atoms with Crippen molar-refractivity contribution in [1.29, 1.82) is 0 Å². The first-order valence-corrected chi connectivity index (χ1v) is 8.59. The largest absolute Gasteiger partial charge is 0.372 e. The molecule has 1 saturated heterocycles. The standard InChI is InChI=1S/C15H18ClNO2S2/c1-10-7-17(8-11(2)19-10)15(20)21-9-14(18)12-3-5-13(16)6-4-12/h3-6,10-11H,7-9H2,1-2H3/t10-,11+. The summed E-state index contributed by atoms with van der Waals surface area (Å²) in [5.74, 6) is 0.411. The number of thiocarbonyl (C=S) groups is 1. The Labute approximate surface area is 140 Å². The SMILES string of the molecule is C[C@@H]1CN(C(=S)SCC(=O)c2ccc(Cl)cc2)C[C@H](C)O1. The van der Waals surface area contributed by atoms with E-state index in [9.17, 15) is 4.79 Å². The van der Waals surface area contributed by atoms with E-state index in [4.69, 9.17) is 28.6 Å². The lowest BCUT2D eigenvalue weighted by atomic mass is 10.1. The normalized spacial score (nSPS) is 22.1. The lowest BCUT2D eigenvalue weighted by Gasteiger charge is -2.36. The summed E-state index contributed by atoms with van der Waals surface area (Å²) >= 11 is 12.7. The first kappa shape index (κ1) is 16.7. The highest BCUT2D eigenvalue weighted by Gasteiger charge is 2.24. The van der Waals surface area contributed by atoms with E-state index in [2.05, 4.69) is 4.90 Å². The molecule has 0 unspecified atom stereocenters. The molecule has 2 rings (SSSR count). The summed E-state index contributed by atoms with van der Waals surface area (Å²) in [5, 5.41) is 0.631. The maximum atomic E-state index is 12.1.